The fourth-order valence-corrected chi connectivity index (χ4v) is 3.49. The maximum absolute atomic E-state index is 11.5. The number of aliphatic hydroxyl groups is 1. The normalized spacial score (nSPS) is 12.8. The highest BCUT2D eigenvalue weighted by Gasteiger charge is 2.16. The standard InChI is InChI=1S/C15H11Br2NO3/c1-18-12-5-2-8(6-13(12)21-15(18)20)14(19)10-4-3-9(16)7-11(10)17/h2-7,14,19H,1H3. The molecule has 0 saturated carbocycles. The number of hydrogen-bond acceptors (Lipinski definition) is 3. The van der Waals surface area contributed by atoms with Crippen LogP contribution in [0.3, 0.4) is 0 Å². The summed E-state index contributed by atoms with van der Waals surface area (Å²) in [5.41, 5.74) is 2.58. The molecule has 1 heterocycles. The highest BCUT2D eigenvalue weighted by molar-refractivity contribution is 9.11. The van der Waals surface area contributed by atoms with E-state index in [2.05, 4.69) is 31.9 Å². The molecule has 4 nitrogen and oxygen atoms in total. The molecule has 6 heteroatoms. The Labute approximate surface area is 137 Å². The van der Waals surface area contributed by atoms with E-state index in [0.29, 0.717) is 16.7 Å². The van der Waals surface area contributed by atoms with Crippen LogP contribution in [0.25, 0.3) is 11.1 Å². The Bertz CT molecular complexity index is 882. The first-order valence-corrected chi connectivity index (χ1v) is 7.78. The molecule has 0 saturated heterocycles. The summed E-state index contributed by atoms with van der Waals surface area (Å²) in [5.74, 6) is -0.415. The Kier molecular flexibility index (Phi) is 3.77. The van der Waals surface area contributed by atoms with Gasteiger partial charge in [0.05, 0.1) is 5.52 Å². The first-order chi connectivity index (χ1) is 9.97. The molecule has 2 aromatic carbocycles. The molecule has 0 aliphatic rings. The number of benzene rings is 2. The van der Waals surface area contributed by atoms with Crippen molar-refractivity contribution in [3.8, 4) is 0 Å². The van der Waals surface area contributed by atoms with E-state index in [0.717, 1.165) is 14.5 Å². The minimum atomic E-state index is -0.803. The third kappa shape index (κ3) is 2.59. The lowest BCUT2D eigenvalue weighted by atomic mass is 10.0. The number of oxazole rings is 1. The monoisotopic (exact) mass is 411 g/mol. The molecule has 0 bridgehead atoms. The summed E-state index contributed by atoms with van der Waals surface area (Å²) in [4.78, 5) is 11.5. The van der Waals surface area contributed by atoms with E-state index in [1.165, 1.54) is 4.57 Å². The van der Waals surface area contributed by atoms with Crippen LogP contribution in [0, 0.1) is 0 Å². The predicted octanol–water partition coefficient (Wildman–Crippen LogP) is 3.74. The van der Waals surface area contributed by atoms with E-state index in [9.17, 15) is 9.90 Å². The van der Waals surface area contributed by atoms with Gasteiger partial charge in [0.25, 0.3) is 0 Å². The molecule has 3 rings (SSSR count). The van der Waals surface area contributed by atoms with Gasteiger partial charge in [0.15, 0.2) is 5.58 Å². The second kappa shape index (κ2) is 5.44. The molecule has 0 spiro atoms. The van der Waals surface area contributed by atoms with Gasteiger partial charge in [0.1, 0.15) is 6.10 Å². The van der Waals surface area contributed by atoms with E-state index < -0.39 is 11.9 Å². The van der Waals surface area contributed by atoms with E-state index in [1.807, 2.05) is 18.2 Å². The molecule has 21 heavy (non-hydrogen) atoms. The van der Waals surface area contributed by atoms with Gasteiger partial charge in [0.2, 0.25) is 0 Å². The van der Waals surface area contributed by atoms with Crippen molar-refractivity contribution in [3.63, 3.8) is 0 Å². The molecule has 0 radical (unpaired) electrons. The largest absolute Gasteiger partial charge is 0.419 e. The summed E-state index contributed by atoms with van der Waals surface area (Å²) >= 11 is 6.82. The van der Waals surface area contributed by atoms with Crippen LogP contribution >= 0.6 is 31.9 Å². The average molecular weight is 413 g/mol. The van der Waals surface area contributed by atoms with Crippen LogP contribution in [-0.2, 0) is 7.05 Å². The lowest BCUT2D eigenvalue weighted by Crippen LogP contribution is -2.08. The van der Waals surface area contributed by atoms with E-state index in [-0.39, 0.29) is 0 Å². The quantitative estimate of drug-likeness (QED) is 0.697. The van der Waals surface area contributed by atoms with Gasteiger partial charge in [-0.05, 0) is 35.4 Å². The van der Waals surface area contributed by atoms with Crippen LogP contribution in [0.4, 0.5) is 0 Å². The zero-order valence-corrected chi connectivity index (χ0v) is 14.2. The fourth-order valence-electron chi connectivity index (χ4n) is 2.22. The van der Waals surface area contributed by atoms with Crippen LogP contribution < -0.4 is 5.76 Å². The molecule has 0 aliphatic heterocycles. The van der Waals surface area contributed by atoms with Crippen LogP contribution in [-0.4, -0.2) is 9.67 Å². The Morgan fingerprint density at radius 1 is 1.19 bits per heavy atom. The van der Waals surface area contributed by atoms with Gasteiger partial charge in [-0.1, -0.05) is 44.0 Å². The third-order valence-corrected chi connectivity index (χ3v) is 4.57. The van der Waals surface area contributed by atoms with Gasteiger partial charge >= 0.3 is 5.76 Å². The maximum atomic E-state index is 11.5. The Hall–Kier alpha value is -1.37. The first kappa shape index (κ1) is 14.6. The molecule has 1 unspecified atom stereocenters. The second-order valence-electron chi connectivity index (χ2n) is 4.72. The molecule has 108 valence electrons. The Morgan fingerprint density at radius 2 is 1.95 bits per heavy atom. The first-order valence-electron chi connectivity index (χ1n) is 6.20. The zero-order valence-electron chi connectivity index (χ0n) is 11.0. The molecular weight excluding hydrogens is 402 g/mol. The highest BCUT2D eigenvalue weighted by Crippen LogP contribution is 2.31. The van der Waals surface area contributed by atoms with Crippen molar-refractivity contribution in [1.29, 1.82) is 0 Å². The number of aliphatic hydroxyl groups excluding tert-OH is 1. The molecule has 0 amide bonds. The smallest absolute Gasteiger partial charge is 0.408 e. The molecule has 3 aromatic rings. The maximum Gasteiger partial charge on any atom is 0.419 e. The molecule has 0 fully saturated rings. The molecule has 1 aromatic heterocycles. The van der Waals surface area contributed by atoms with Crippen molar-refractivity contribution in [2.45, 2.75) is 6.10 Å². The number of rotatable bonds is 2. The number of aryl methyl sites for hydroxylation is 1. The minimum absolute atomic E-state index is 0.415. The van der Waals surface area contributed by atoms with Gasteiger partial charge in [-0.25, -0.2) is 4.79 Å². The van der Waals surface area contributed by atoms with Crippen LogP contribution in [0.15, 0.2) is 54.6 Å². The van der Waals surface area contributed by atoms with Crippen molar-refractivity contribution in [2.24, 2.45) is 7.05 Å². The number of hydrogen-bond donors (Lipinski definition) is 1. The lowest BCUT2D eigenvalue weighted by molar-refractivity contribution is 0.219. The number of nitrogens with zero attached hydrogens (tertiary/aromatic N) is 1. The third-order valence-electron chi connectivity index (χ3n) is 3.39. The molecule has 1 N–H and O–H groups in total. The SMILES string of the molecule is Cn1c(=O)oc2cc(C(O)c3ccc(Br)cc3Br)ccc21. The number of fused-ring (bicyclic) bond motifs is 1. The summed E-state index contributed by atoms with van der Waals surface area (Å²) in [5, 5.41) is 10.5. The predicted molar refractivity (Wildman–Crippen MR) is 87.4 cm³/mol. The van der Waals surface area contributed by atoms with Crippen molar-refractivity contribution in [1.82, 2.24) is 4.57 Å². The summed E-state index contributed by atoms with van der Waals surface area (Å²) in [6.45, 7) is 0. The fraction of sp³-hybridized carbons (Fsp3) is 0.133. The topological polar surface area (TPSA) is 55.4 Å². The summed E-state index contributed by atoms with van der Waals surface area (Å²) < 4.78 is 8.31. The van der Waals surface area contributed by atoms with Crippen molar-refractivity contribution < 1.29 is 9.52 Å². The molecular formula is C15H11Br2NO3. The van der Waals surface area contributed by atoms with Gasteiger partial charge in [-0.3, -0.25) is 4.57 Å². The van der Waals surface area contributed by atoms with Crippen LogP contribution in [0.2, 0.25) is 0 Å². The van der Waals surface area contributed by atoms with Crippen LogP contribution in [0.1, 0.15) is 17.2 Å². The highest BCUT2D eigenvalue weighted by atomic mass is 79.9. The number of aromatic nitrogens is 1. The van der Waals surface area contributed by atoms with E-state index in [1.54, 1.807) is 25.2 Å². The van der Waals surface area contributed by atoms with Gasteiger partial charge in [-0.2, -0.15) is 0 Å². The van der Waals surface area contributed by atoms with Gasteiger partial charge in [0, 0.05) is 16.0 Å². The summed E-state index contributed by atoms with van der Waals surface area (Å²) in [6, 6.07) is 10.8. The lowest BCUT2D eigenvalue weighted by Gasteiger charge is -2.13. The summed E-state index contributed by atoms with van der Waals surface area (Å²) in [7, 11) is 1.65. The Morgan fingerprint density at radius 3 is 2.67 bits per heavy atom. The zero-order chi connectivity index (χ0) is 15.1. The van der Waals surface area contributed by atoms with E-state index in [4.69, 9.17) is 4.42 Å². The minimum Gasteiger partial charge on any atom is -0.408 e. The average Bonchev–Trinajstić information content (AvgIpc) is 2.73. The van der Waals surface area contributed by atoms with Gasteiger partial charge < -0.3 is 9.52 Å². The Balaban J connectivity index is 2.09. The van der Waals surface area contributed by atoms with Crippen molar-refractivity contribution >= 4 is 43.0 Å². The molecule has 0 aliphatic carbocycles. The number of halogens is 2. The summed E-state index contributed by atoms with van der Waals surface area (Å²) in [6.07, 6.45) is -0.803. The van der Waals surface area contributed by atoms with Crippen molar-refractivity contribution in [3.05, 3.63) is 67.0 Å². The van der Waals surface area contributed by atoms with Crippen molar-refractivity contribution in [2.75, 3.05) is 0 Å². The van der Waals surface area contributed by atoms with Gasteiger partial charge in [-0.15, -0.1) is 0 Å². The molecule has 1 atom stereocenters. The van der Waals surface area contributed by atoms with E-state index >= 15 is 0 Å². The van der Waals surface area contributed by atoms with Crippen LogP contribution in [0.5, 0.6) is 0 Å². The second-order valence-corrected chi connectivity index (χ2v) is 6.49.